The molecular formula is C14H17NO5. The van der Waals surface area contributed by atoms with Crippen molar-refractivity contribution in [3.8, 4) is 0 Å². The van der Waals surface area contributed by atoms with Gasteiger partial charge in [0.2, 0.25) is 0 Å². The van der Waals surface area contributed by atoms with E-state index in [4.69, 9.17) is 4.74 Å². The van der Waals surface area contributed by atoms with Crippen LogP contribution in [-0.4, -0.2) is 56.1 Å². The van der Waals surface area contributed by atoms with Crippen LogP contribution < -0.4 is 0 Å². The molecule has 1 aliphatic heterocycles. The summed E-state index contributed by atoms with van der Waals surface area (Å²) < 4.78 is 5.16. The van der Waals surface area contributed by atoms with Gasteiger partial charge in [0.1, 0.15) is 18.3 Å². The molecule has 0 bridgehead atoms. The van der Waals surface area contributed by atoms with Crippen molar-refractivity contribution in [2.45, 2.75) is 30.5 Å². The highest BCUT2D eigenvalue weighted by Crippen LogP contribution is 2.30. The fourth-order valence-electron chi connectivity index (χ4n) is 2.60. The van der Waals surface area contributed by atoms with Crippen LogP contribution in [-0.2, 0) is 11.2 Å². The van der Waals surface area contributed by atoms with Gasteiger partial charge in [-0.15, -0.1) is 0 Å². The van der Waals surface area contributed by atoms with Gasteiger partial charge in [-0.25, -0.2) is 0 Å². The van der Waals surface area contributed by atoms with Crippen molar-refractivity contribution in [1.29, 1.82) is 0 Å². The van der Waals surface area contributed by atoms with Gasteiger partial charge in [0.15, 0.2) is 5.79 Å². The molecule has 1 aliphatic rings. The monoisotopic (exact) mass is 279 g/mol. The number of fused-ring (bicyclic) bond motifs is 1. The first-order valence-corrected chi connectivity index (χ1v) is 6.47. The average molecular weight is 279 g/mol. The number of para-hydroxylation sites is 1. The predicted molar refractivity (Wildman–Crippen MR) is 70.9 cm³/mol. The Kier molecular flexibility index (Phi) is 3.27. The molecule has 0 saturated carbocycles. The summed E-state index contributed by atoms with van der Waals surface area (Å²) in [7, 11) is 0. The Bertz CT molecular complexity index is 612. The number of H-pyrrole nitrogens is 1. The number of hydrogen-bond donors (Lipinski definition) is 5. The van der Waals surface area contributed by atoms with Gasteiger partial charge >= 0.3 is 0 Å². The fourth-order valence-corrected chi connectivity index (χ4v) is 2.60. The van der Waals surface area contributed by atoms with E-state index in [1.807, 2.05) is 24.3 Å². The van der Waals surface area contributed by atoms with Crippen molar-refractivity contribution in [3.05, 3.63) is 36.0 Å². The Balaban J connectivity index is 1.90. The second-order valence-electron chi connectivity index (χ2n) is 5.19. The van der Waals surface area contributed by atoms with Gasteiger partial charge < -0.3 is 30.1 Å². The number of benzene rings is 1. The molecule has 20 heavy (non-hydrogen) atoms. The standard InChI is InChI=1S/C14H17NO5/c16-11-7-20-14(19,13(18)12(11)17)5-8-6-15-10-4-2-1-3-9(8)10/h1-4,6,11-13,15-19H,5,7H2/t11-,12+,13+,14+/m1/s1. The third-order valence-corrected chi connectivity index (χ3v) is 3.80. The van der Waals surface area contributed by atoms with Crippen LogP contribution in [0.2, 0.25) is 0 Å². The van der Waals surface area contributed by atoms with Crippen molar-refractivity contribution < 1.29 is 25.2 Å². The number of aromatic nitrogens is 1. The zero-order valence-electron chi connectivity index (χ0n) is 10.7. The van der Waals surface area contributed by atoms with E-state index in [1.165, 1.54) is 0 Å². The lowest BCUT2D eigenvalue weighted by atomic mass is 9.91. The summed E-state index contributed by atoms with van der Waals surface area (Å²) in [5, 5.41) is 40.4. The molecule has 1 aromatic carbocycles. The molecule has 5 N–H and O–H groups in total. The van der Waals surface area contributed by atoms with E-state index >= 15 is 0 Å². The van der Waals surface area contributed by atoms with Crippen molar-refractivity contribution >= 4 is 10.9 Å². The number of hydrogen-bond acceptors (Lipinski definition) is 5. The van der Waals surface area contributed by atoms with E-state index in [9.17, 15) is 20.4 Å². The summed E-state index contributed by atoms with van der Waals surface area (Å²) in [6.45, 7) is -0.225. The minimum Gasteiger partial charge on any atom is -0.388 e. The molecule has 1 saturated heterocycles. The highest BCUT2D eigenvalue weighted by atomic mass is 16.6. The van der Waals surface area contributed by atoms with Crippen LogP contribution in [0, 0.1) is 0 Å². The van der Waals surface area contributed by atoms with E-state index in [-0.39, 0.29) is 13.0 Å². The molecule has 0 amide bonds. The topological polar surface area (TPSA) is 106 Å². The molecule has 2 aromatic rings. The molecule has 6 nitrogen and oxygen atoms in total. The van der Waals surface area contributed by atoms with Gasteiger partial charge in [-0.1, -0.05) is 18.2 Å². The molecule has 4 atom stereocenters. The zero-order valence-corrected chi connectivity index (χ0v) is 10.7. The molecule has 0 unspecified atom stereocenters. The molecule has 108 valence electrons. The number of ether oxygens (including phenoxy) is 1. The summed E-state index contributed by atoms with van der Waals surface area (Å²) in [6.07, 6.45) is -2.45. The predicted octanol–water partition coefficient (Wildman–Crippen LogP) is -0.488. The maximum absolute atomic E-state index is 10.4. The zero-order chi connectivity index (χ0) is 14.3. The molecule has 2 heterocycles. The third-order valence-electron chi connectivity index (χ3n) is 3.80. The van der Waals surface area contributed by atoms with E-state index in [0.717, 1.165) is 16.5 Å². The van der Waals surface area contributed by atoms with Crippen molar-refractivity contribution in [2.75, 3.05) is 6.61 Å². The third kappa shape index (κ3) is 2.11. The lowest BCUT2D eigenvalue weighted by Gasteiger charge is -2.41. The molecule has 3 rings (SSSR count). The van der Waals surface area contributed by atoms with Gasteiger partial charge in [0, 0.05) is 23.5 Å². The molecule has 1 fully saturated rings. The highest BCUT2D eigenvalue weighted by Gasteiger charge is 2.48. The number of aliphatic hydroxyl groups excluding tert-OH is 3. The molecular weight excluding hydrogens is 262 g/mol. The van der Waals surface area contributed by atoms with Crippen molar-refractivity contribution in [3.63, 3.8) is 0 Å². The van der Waals surface area contributed by atoms with Gasteiger partial charge in [-0.3, -0.25) is 0 Å². The van der Waals surface area contributed by atoms with Crippen LogP contribution >= 0.6 is 0 Å². The maximum Gasteiger partial charge on any atom is 0.198 e. The highest BCUT2D eigenvalue weighted by molar-refractivity contribution is 5.83. The van der Waals surface area contributed by atoms with Gasteiger partial charge in [-0.2, -0.15) is 0 Å². The molecule has 6 heteroatoms. The van der Waals surface area contributed by atoms with Crippen LogP contribution in [0.5, 0.6) is 0 Å². The molecule has 0 spiro atoms. The molecule has 0 aliphatic carbocycles. The molecule has 0 radical (unpaired) electrons. The van der Waals surface area contributed by atoms with E-state index in [0.29, 0.717) is 0 Å². The van der Waals surface area contributed by atoms with E-state index < -0.39 is 24.1 Å². The van der Waals surface area contributed by atoms with Crippen molar-refractivity contribution in [1.82, 2.24) is 4.98 Å². The number of nitrogens with one attached hydrogen (secondary N) is 1. The number of aromatic amines is 1. The molecule has 1 aromatic heterocycles. The summed E-state index contributed by atoms with van der Waals surface area (Å²) in [6, 6.07) is 7.56. The summed E-state index contributed by atoms with van der Waals surface area (Å²) in [4.78, 5) is 3.07. The lowest BCUT2D eigenvalue weighted by Crippen LogP contribution is -2.61. The maximum atomic E-state index is 10.4. The number of rotatable bonds is 2. The minimum atomic E-state index is -1.91. The van der Waals surface area contributed by atoms with E-state index in [2.05, 4.69) is 4.98 Å². The first-order valence-electron chi connectivity index (χ1n) is 6.47. The quantitative estimate of drug-likeness (QED) is 0.510. The number of aliphatic hydroxyl groups is 4. The Morgan fingerprint density at radius 1 is 1.25 bits per heavy atom. The second kappa shape index (κ2) is 4.83. The summed E-state index contributed by atoms with van der Waals surface area (Å²) >= 11 is 0. The summed E-state index contributed by atoms with van der Waals surface area (Å²) in [5.41, 5.74) is 1.68. The lowest BCUT2D eigenvalue weighted by molar-refractivity contribution is -0.320. The largest absolute Gasteiger partial charge is 0.388 e. The summed E-state index contributed by atoms with van der Waals surface area (Å²) in [5.74, 6) is -1.91. The van der Waals surface area contributed by atoms with Crippen LogP contribution in [0.25, 0.3) is 10.9 Å². The van der Waals surface area contributed by atoms with Gasteiger partial charge in [-0.05, 0) is 11.6 Å². The second-order valence-corrected chi connectivity index (χ2v) is 5.19. The normalized spacial score (nSPS) is 34.5. The first kappa shape index (κ1) is 13.5. The minimum absolute atomic E-state index is 0.0158. The SMILES string of the molecule is O[C@H]1[C@H](O)CO[C@@](O)(Cc2c[nH]c3ccccc23)[C@H]1O. The van der Waals surface area contributed by atoms with E-state index in [1.54, 1.807) is 6.20 Å². The van der Waals surface area contributed by atoms with Crippen LogP contribution in [0.1, 0.15) is 5.56 Å². The first-order chi connectivity index (χ1) is 9.51. The fraction of sp³-hybridized carbons (Fsp3) is 0.429. The Labute approximate surface area is 115 Å². The van der Waals surface area contributed by atoms with Crippen molar-refractivity contribution in [2.24, 2.45) is 0 Å². The Morgan fingerprint density at radius 2 is 2.00 bits per heavy atom. The van der Waals surface area contributed by atoms with Crippen LogP contribution in [0.15, 0.2) is 30.5 Å². The smallest absolute Gasteiger partial charge is 0.198 e. The van der Waals surface area contributed by atoms with Gasteiger partial charge in [0.25, 0.3) is 0 Å². The van der Waals surface area contributed by atoms with Crippen LogP contribution in [0.3, 0.4) is 0 Å². The Hall–Kier alpha value is -1.44. The average Bonchev–Trinajstić information content (AvgIpc) is 2.85. The van der Waals surface area contributed by atoms with Gasteiger partial charge in [0.05, 0.1) is 6.61 Å². The van der Waals surface area contributed by atoms with Crippen LogP contribution in [0.4, 0.5) is 0 Å². The Morgan fingerprint density at radius 3 is 2.80 bits per heavy atom.